The van der Waals surface area contributed by atoms with Crippen molar-refractivity contribution in [2.45, 2.75) is 13.8 Å². The highest BCUT2D eigenvalue weighted by molar-refractivity contribution is 6.22. The fourth-order valence-corrected chi connectivity index (χ4v) is 7.03. The van der Waals surface area contributed by atoms with Crippen LogP contribution in [0.1, 0.15) is 19.4 Å². The molecule has 0 saturated heterocycles. The van der Waals surface area contributed by atoms with Crippen LogP contribution in [0.3, 0.4) is 0 Å². The van der Waals surface area contributed by atoms with Crippen molar-refractivity contribution >= 4 is 60.1 Å². The lowest BCUT2D eigenvalue weighted by atomic mass is 9.99. The summed E-state index contributed by atoms with van der Waals surface area (Å²) >= 11 is 0. The zero-order valence-electron chi connectivity index (χ0n) is 27.8. The first-order valence-electron chi connectivity index (χ1n) is 16.8. The molecule has 50 heavy (non-hydrogen) atoms. The van der Waals surface area contributed by atoms with Gasteiger partial charge in [0.1, 0.15) is 11.2 Å². The molecule has 0 atom stereocenters. The Kier molecular flexibility index (Phi) is 6.99. The van der Waals surface area contributed by atoms with E-state index >= 15 is 0 Å². The van der Waals surface area contributed by atoms with E-state index in [2.05, 4.69) is 109 Å². The molecule has 0 radical (unpaired) electrons. The molecule has 5 heteroatoms. The van der Waals surface area contributed by atoms with Crippen molar-refractivity contribution in [1.82, 2.24) is 19.5 Å². The van der Waals surface area contributed by atoms with Gasteiger partial charge < -0.3 is 4.42 Å². The molecular weight excluding hydrogens is 613 g/mol. The average molecular weight is 645 g/mol. The summed E-state index contributed by atoms with van der Waals surface area (Å²) in [5.74, 6) is 1.70. The third-order valence-electron chi connectivity index (χ3n) is 9.34. The largest absolute Gasteiger partial charge is 0.456 e. The van der Waals surface area contributed by atoms with Gasteiger partial charge in [-0.2, -0.15) is 9.97 Å². The highest BCUT2D eigenvalue weighted by Crippen LogP contribution is 2.40. The lowest BCUT2D eigenvalue weighted by Gasteiger charge is -2.13. The molecule has 9 aromatic rings. The van der Waals surface area contributed by atoms with Crippen LogP contribution in [-0.4, -0.2) is 19.5 Å². The minimum atomic E-state index is 0.542. The minimum Gasteiger partial charge on any atom is -0.456 e. The number of rotatable bonds is 6. The van der Waals surface area contributed by atoms with Crippen LogP contribution >= 0.6 is 0 Å². The predicted octanol–water partition coefficient (Wildman–Crippen LogP) is 11.9. The molecule has 0 unspecified atom stereocenters. The number of hydrogen-bond acceptors (Lipinski definition) is 4. The SMILES string of the molecule is C=C(C)/C=C\C(=C/C)c1cccc2c3c4ccccc4ccc3n(-c3nc(-c4ccccc4)nc(-c4ccc5c(c4)oc4ccccc45)n3)c12. The van der Waals surface area contributed by atoms with Crippen LogP contribution in [0.25, 0.3) is 88.8 Å². The zero-order chi connectivity index (χ0) is 33.8. The van der Waals surface area contributed by atoms with E-state index in [-0.39, 0.29) is 0 Å². The number of fused-ring (bicyclic) bond motifs is 8. The molecule has 0 amide bonds. The van der Waals surface area contributed by atoms with Crippen LogP contribution in [0.2, 0.25) is 0 Å². The molecule has 238 valence electrons. The normalized spacial score (nSPS) is 12.3. The number of aromatic nitrogens is 4. The summed E-state index contributed by atoms with van der Waals surface area (Å²) in [6.45, 7) is 8.19. The second-order valence-corrected chi connectivity index (χ2v) is 12.6. The highest BCUT2D eigenvalue weighted by atomic mass is 16.3. The van der Waals surface area contributed by atoms with E-state index in [4.69, 9.17) is 19.4 Å². The van der Waals surface area contributed by atoms with Crippen molar-refractivity contribution in [3.63, 3.8) is 0 Å². The van der Waals surface area contributed by atoms with Crippen LogP contribution in [0.4, 0.5) is 0 Å². The molecule has 6 aromatic carbocycles. The van der Waals surface area contributed by atoms with E-state index in [1.807, 2.05) is 61.5 Å². The van der Waals surface area contributed by atoms with Gasteiger partial charge in [-0.1, -0.05) is 134 Å². The van der Waals surface area contributed by atoms with Gasteiger partial charge in [0.2, 0.25) is 5.95 Å². The Bertz CT molecular complexity index is 2850. The Morgan fingerprint density at radius 3 is 2.18 bits per heavy atom. The van der Waals surface area contributed by atoms with E-state index in [0.717, 1.165) is 71.6 Å². The fourth-order valence-electron chi connectivity index (χ4n) is 7.03. The topological polar surface area (TPSA) is 56.7 Å². The van der Waals surface area contributed by atoms with E-state index in [1.54, 1.807) is 0 Å². The monoisotopic (exact) mass is 644 g/mol. The minimum absolute atomic E-state index is 0.542. The first kappa shape index (κ1) is 29.5. The van der Waals surface area contributed by atoms with Crippen molar-refractivity contribution in [3.05, 3.63) is 163 Å². The van der Waals surface area contributed by atoms with Crippen molar-refractivity contribution in [2.24, 2.45) is 0 Å². The van der Waals surface area contributed by atoms with Crippen LogP contribution in [0.5, 0.6) is 0 Å². The molecule has 0 spiro atoms. The fraction of sp³-hybridized carbons (Fsp3) is 0.0444. The van der Waals surface area contributed by atoms with E-state index < -0.39 is 0 Å². The van der Waals surface area contributed by atoms with Gasteiger partial charge in [-0.3, -0.25) is 4.57 Å². The van der Waals surface area contributed by atoms with Crippen molar-refractivity contribution in [3.8, 4) is 28.7 Å². The van der Waals surface area contributed by atoms with Crippen molar-refractivity contribution in [1.29, 1.82) is 0 Å². The number of hydrogen-bond donors (Lipinski definition) is 0. The molecule has 0 aliphatic carbocycles. The number of nitrogens with zero attached hydrogens (tertiary/aromatic N) is 4. The Balaban J connectivity index is 1.38. The molecule has 0 aliphatic rings. The summed E-state index contributed by atoms with van der Waals surface area (Å²) in [4.78, 5) is 15.5. The Hall–Kier alpha value is -6.59. The molecule has 0 bridgehead atoms. The molecule has 3 heterocycles. The van der Waals surface area contributed by atoms with Crippen LogP contribution in [-0.2, 0) is 0 Å². The Morgan fingerprint density at radius 2 is 1.36 bits per heavy atom. The van der Waals surface area contributed by atoms with Crippen LogP contribution < -0.4 is 0 Å². The van der Waals surface area contributed by atoms with Gasteiger partial charge in [-0.15, -0.1) is 0 Å². The lowest BCUT2D eigenvalue weighted by molar-refractivity contribution is 0.669. The highest BCUT2D eigenvalue weighted by Gasteiger charge is 2.22. The second-order valence-electron chi connectivity index (χ2n) is 12.6. The third kappa shape index (κ3) is 4.82. The third-order valence-corrected chi connectivity index (χ3v) is 9.34. The molecule has 0 fully saturated rings. The number of furan rings is 1. The molecule has 0 aliphatic heterocycles. The standard InChI is InChI=1S/C45H32N4O/c1-4-29(22-21-28(2)3)34-18-12-19-37-41-33-16-9-8-13-30(33)24-26-38(41)49(42(34)37)45-47-43(31-14-6-5-7-15-31)46-44(48-45)32-23-25-36-35-17-10-11-20-39(35)50-40(36)27-32/h4-27H,2H2,1,3H3/b22-21-,29-4+. The van der Waals surface area contributed by atoms with Crippen LogP contribution in [0.15, 0.2) is 162 Å². The summed E-state index contributed by atoms with van der Waals surface area (Å²) in [7, 11) is 0. The molecule has 0 N–H and O–H groups in total. The lowest BCUT2D eigenvalue weighted by Crippen LogP contribution is -2.07. The summed E-state index contributed by atoms with van der Waals surface area (Å²) in [6, 6.07) is 43.8. The van der Waals surface area contributed by atoms with Gasteiger partial charge in [0.05, 0.1) is 11.0 Å². The summed E-state index contributed by atoms with van der Waals surface area (Å²) in [5, 5.41) is 6.79. The second kappa shape index (κ2) is 11.8. The van der Waals surface area contributed by atoms with Gasteiger partial charge in [0, 0.05) is 38.2 Å². The quantitative estimate of drug-likeness (QED) is 0.169. The first-order valence-corrected chi connectivity index (χ1v) is 16.8. The van der Waals surface area contributed by atoms with Crippen molar-refractivity contribution in [2.75, 3.05) is 0 Å². The number of allylic oxidation sites excluding steroid dienone is 5. The van der Waals surface area contributed by atoms with Gasteiger partial charge in [-0.25, -0.2) is 4.98 Å². The van der Waals surface area contributed by atoms with Gasteiger partial charge in [0.15, 0.2) is 11.6 Å². The van der Waals surface area contributed by atoms with Gasteiger partial charge in [0.25, 0.3) is 0 Å². The maximum atomic E-state index is 6.29. The van der Waals surface area contributed by atoms with Gasteiger partial charge in [-0.05, 0) is 54.5 Å². The van der Waals surface area contributed by atoms with E-state index in [1.165, 1.54) is 10.8 Å². The number of benzene rings is 6. The maximum absolute atomic E-state index is 6.29. The smallest absolute Gasteiger partial charge is 0.238 e. The average Bonchev–Trinajstić information content (AvgIpc) is 3.71. The first-order chi connectivity index (χ1) is 24.6. The van der Waals surface area contributed by atoms with Crippen LogP contribution in [0, 0.1) is 0 Å². The Labute approximate surface area is 289 Å². The maximum Gasteiger partial charge on any atom is 0.238 e. The summed E-state index contributed by atoms with van der Waals surface area (Å²) < 4.78 is 8.50. The zero-order valence-corrected chi connectivity index (χ0v) is 27.8. The summed E-state index contributed by atoms with van der Waals surface area (Å²) in [6.07, 6.45) is 6.33. The van der Waals surface area contributed by atoms with E-state index in [0.29, 0.717) is 17.6 Å². The van der Waals surface area contributed by atoms with Gasteiger partial charge >= 0.3 is 0 Å². The summed E-state index contributed by atoms with van der Waals surface area (Å²) in [5.41, 5.74) is 8.60. The molecule has 5 nitrogen and oxygen atoms in total. The number of para-hydroxylation sites is 2. The van der Waals surface area contributed by atoms with E-state index in [9.17, 15) is 0 Å². The van der Waals surface area contributed by atoms with Crippen molar-refractivity contribution < 1.29 is 4.42 Å². The molecular formula is C45H32N4O. The molecule has 9 rings (SSSR count). The Morgan fingerprint density at radius 1 is 0.640 bits per heavy atom. The predicted molar refractivity (Wildman–Crippen MR) is 207 cm³/mol. The molecule has 0 saturated carbocycles. The molecule has 3 aromatic heterocycles.